The van der Waals surface area contributed by atoms with Crippen LogP contribution in [0, 0.1) is 6.92 Å². The summed E-state index contributed by atoms with van der Waals surface area (Å²) in [5.41, 5.74) is 5.17. The number of nitrogens with one attached hydrogen (secondary N) is 2. The van der Waals surface area contributed by atoms with E-state index >= 15 is 0 Å². The van der Waals surface area contributed by atoms with Crippen LogP contribution >= 0.6 is 27.3 Å². The number of carbonyl (C=O) groups excluding carboxylic acids is 2. The SMILES string of the molecule is C/C(=N\NC(=O)c1cccc(Br)c1)c1cccc(NC(=O)c2ccc(C)s2)c1. The van der Waals surface area contributed by atoms with Gasteiger partial charge in [-0.05, 0) is 61.9 Å². The first-order valence-electron chi connectivity index (χ1n) is 8.51. The van der Waals surface area contributed by atoms with Crippen molar-refractivity contribution < 1.29 is 9.59 Å². The zero-order valence-electron chi connectivity index (χ0n) is 15.3. The first-order valence-corrected chi connectivity index (χ1v) is 10.1. The van der Waals surface area contributed by atoms with Gasteiger partial charge in [-0.1, -0.05) is 34.1 Å². The molecular formula is C21H18BrN3O2S. The number of aryl methyl sites for hydroxylation is 1. The fourth-order valence-electron chi connectivity index (χ4n) is 2.46. The predicted octanol–water partition coefficient (Wildman–Crippen LogP) is 5.23. The summed E-state index contributed by atoms with van der Waals surface area (Å²) in [4.78, 5) is 26.3. The van der Waals surface area contributed by atoms with Crippen molar-refractivity contribution >= 4 is 50.5 Å². The summed E-state index contributed by atoms with van der Waals surface area (Å²) in [5.74, 6) is -0.439. The van der Waals surface area contributed by atoms with E-state index in [-0.39, 0.29) is 11.8 Å². The molecule has 0 radical (unpaired) electrons. The maximum atomic E-state index is 12.3. The summed E-state index contributed by atoms with van der Waals surface area (Å²) < 4.78 is 0.824. The molecule has 0 atom stereocenters. The van der Waals surface area contributed by atoms with E-state index in [4.69, 9.17) is 0 Å². The molecule has 1 aromatic heterocycles. The number of thiophene rings is 1. The van der Waals surface area contributed by atoms with E-state index in [0.29, 0.717) is 21.8 Å². The van der Waals surface area contributed by atoms with Gasteiger partial charge in [0.05, 0.1) is 10.6 Å². The van der Waals surface area contributed by atoms with Crippen molar-refractivity contribution in [2.75, 3.05) is 5.32 Å². The van der Waals surface area contributed by atoms with E-state index in [0.717, 1.165) is 14.9 Å². The molecule has 28 heavy (non-hydrogen) atoms. The van der Waals surface area contributed by atoms with Gasteiger partial charge in [-0.25, -0.2) is 5.43 Å². The Bertz CT molecular complexity index is 1060. The summed E-state index contributed by atoms with van der Waals surface area (Å²) in [6.45, 7) is 3.76. The molecule has 2 aromatic carbocycles. The van der Waals surface area contributed by atoms with Gasteiger partial charge in [0.2, 0.25) is 0 Å². The van der Waals surface area contributed by atoms with Crippen molar-refractivity contribution in [3.63, 3.8) is 0 Å². The maximum absolute atomic E-state index is 12.3. The molecule has 0 saturated carbocycles. The van der Waals surface area contributed by atoms with Crippen molar-refractivity contribution in [2.24, 2.45) is 5.10 Å². The molecule has 0 fully saturated rings. The topological polar surface area (TPSA) is 70.6 Å². The van der Waals surface area contributed by atoms with E-state index in [1.165, 1.54) is 11.3 Å². The second-order valence-electron chi connectivity index (χ2n) is 6.09. The summed E-state index contributed by atoms with van der Waals surface area (Å²) in [7, 11) is 0. The van der Waals surface area contributed by atoms with Gasteiger partial charge in [-0.15, -0.1) is 11.3 Å². The molecule has 5 nitrogen and oxygen atoms in total. The normalized spacial score (nSPS) is 11.2. The average Bonchev–Trinajstić information content (AvgIpc) is 3.12. The number of anilines is 1. The Morgan fingerprint density at radius 3 is 2.43 bits per heavy atom. The largest absolute Gasteiger partial charge is 0.321 e. The minimum absolute atomic E-state index is 0.146. The first-order chi connectivity index (χ1) is 13.4. The molecular weight excluding hydrogens is 438 g/mol. The van der Waals surface area contributed by atoms with Crippen molar-refractivity contribution in [3.8, 4) is 0 Å². The summed E-state index contributed by atoms with van der Waals surface area (Å²) >= 11 is 4.79. The number of hydrogen-bond donors (Lipinski definition) is 2. The Morgan fingerprint density at radius 1 is 0.964 bits per heavy atom. The van der Waals surface area contributed by atoms with Gasteiger partial charge in [0.15, 0.2) is 0 Å². The van der Waals surface area contributed by atoms with Crippen molar-refractivity contribution in [3.05, 3.63) is 86.0 Å². The Labute approximate surface area is 175 Å². The van der Waals surface area contributed by atoms with Crippen molar-refractivity contribution in [1.29, 1.82) is 0 Å². The standard InChI is InChI=1S/C21H18BrN3O2S/c1-13-9-10-19(28-13)21(27)23-18-8-4-5-15(12-18)14(2)24-25-20(26)16-6-3-7-17(22)11-16/h3-12H,1-2H3,(H,23,27)(H,25,26)/b24-14+. The zero-order valence-corrected chi connectivity index (χ0v) is 17.7. The Balaban J connectivity index is 1.69. The number of amides is 2. The van der Waals surface area contributed by atoms with Crippen LogP contribution in [0.1, 0.15) is 37.4 Å². The minimum Gasteiger partial charge on any atom is -0.321 e. The monoisotopic (exact) mass is 455 g/mol. The molecule has 0 aliphatic rings. The van der Waals surface area contributed by atoms with Crippen LogP contribution in [-0.2, 0) is 0 Å². The second-order valence-corrected chi connectivity index (χ2v) is 8.30. The molecule has 3 rings (SSSR count). The van der Waals surface area contributed by atoms with Gasteiger partial charge >= 0.3 is 0 Å². The van der Waals surface area contributed by atoms with Crippen LogP contribution < -0.4 is 10.7 Å². The summed E-state index contributed by atoms with van der Waals surface area (Å²) in [5, 5.41) is 7.06. The van der Waals surface area contributed by atoms with Crippen LogP contribution in [0.5, 0.6) is 0 Å². The van der Waals surface area contributed by atoms with Gasteiger partial charge in [0.25, 0.3) is 11.8 Å². The number of hydrogen-bond acceptors (Lipinski definition) is 4. The van der Waals surface area contributed by atoms with Crippen LogP contribution in [0.3, 0.4) is 0 Å². The molecule has 1 heterocycles. The summed E-state index contributed by atoms with van der Waals surface area (Å²) in [6, 6.07) is 18.1. The highest BCUT2D eigenvalue weighted by Gasteiger charge is 2.10. The number of rotatable bonds is 5. The average molecular weight is 456 g/mol. The third-order valence-corrected chi connectivity index (χ3v) is 5.41. The van der Waals surface area contributed by atoms with Crippen LogP contribution in [0.25, 0.3) is 0 Å². The first kappa shape index (κ1) is 20.0. The van der Waals surface area contributed by atoms with Crippen molar-refractivity contribution in [2.45, 2.75) is 13.8 Å². The van der Waals surface area contributed by atoms with Gasteiger partial charge in [-0.3, -0.25) is 9.59 Å². The molecule has 2 N–H and O–H groups in total. The van der Waals surface area contributed by atoms with E-state index in [2.05, 4.69) is 31.8 Å². The fraction of sp³-hybridized carbons (Fsp3) is 0.0952. The number of carbonyl (C=O) groups is 2. The van der Waals surface area contributed by atoms with Crippen LogP contribution in [-0.4, -0.2) is 17.5 Å². The third-order valence-electron chi connectivity index (χ3n) is 3.91. The number of hydrazone groups is 1. The van der Waals surface area contributed by atoms with E-state index < -0.39 is 0 Å². The highest BCUT2D eigenvalue weighted by molar-refractivity contribution is 9.10. The Hall–Kier alpha value is -2.77. The molecule has 3 aromatic rings. The van der Waals surface area contributed by atoms with Crippen molar-refractivity contribution in [1.82, 2.24) is 5.43 Å². The number of nitrogens with zero attached hydrogens (tertiary/aromatic N) is 1. The quantitative estimate of drug-likeness (QED) is 0.408. The van der Waals surface area contributed by atoms with E-state index in [1.807, 2.05) is 49.4 Å². The van der Waals surface area contributed by atoms with E-state index in [1.54, 1.807) is 25.1 Å². The molecule has 0 aliphatic heterocycles. The summed E-state index contributed by atoms with van der Waals surface area (Å²) in [6.07, 6.45) is 0. The molecule has 7 heteroatoms. The Morgan fingerprint density at radius 2 is 1.71 bits per heavy atom. The fourth-order valence-corrected chi connectivity index (χ4v) is 3.63. The lowest BCUT2D eigenvalue weighted by Gasteiger charge is -2.07. The highest BCUT2D eigenvalue weighted by Crippen LogP contribution is 2.18. The third kappa shape index (κ3) is 5.15. The van der Waals surface area contributed by atoms with Crippen LogP contribution in [0.4, 0.5) is 5.69 Å². The molecule has 0 bridgehead atoms. The molecule has 0 unspecified atom stereocenters. The number of halogens is 1. The molecule has 0 aliphatic carbocycles. The molecule has 142 valence electrons. The predicted molar refractivity (Wildman–Crippen MR) is 117 cm³/mol. The lowest BCUT2D eigenvalue weighted by Crippen LogP contribution is -2.19. The maximum Gasteiger partial charge on any atom is 0.271 e. The van der Waals surface area contributed by atoms with Gasteiger partial charge < -0.3 is 5.32 Å². The number of benzene rings is 2. The highest BCUT2D eigenvalue weighted by atomic mass is 79.9. The van der Waals surface area contributed by atoms with Crippen LogP contribution in [0.2, 0.25) is 0 Å². The zero-order chi connectivity index (χ0) is 20.1. The van der Waals surface area contributed by atoms with E-state index in [9.17, 15) is 9.59 Å². The molecule has 0 saturated heterocycles. The lowest BCUT2D eigenvalue weighted by molar-refractivity contribution is 0.0954. The van der Waals surface area contributed by atoms with Crippen LogP contribution in [0.15, 0.2) is 70.2 Å². The van der Waals surface area contributed by atoms with Gasteiger partial charge in [-0.2, -0.15) is 5.10 Å². The second kappa shape index (κ2) is 8.95. The smallest absolute Gasteiger partial charge is 0.271 e. The Kier molecular flexibility index (Phi) is 6.38. The lowest BCUT2D eigenvalue weighted by atomic mass is 10.1. The molecule has 0 spiro atoms. The van der Waals surface area contributed by atoms with Gasteiger partial charge in [0.1, 0.15) is 0 Å². The van der Waals surface area contributed by atoms with Gasteiger partial charge in [0, 0.05) is 20.6 Å². The molecule has 2 amide bonds. The minimum atomic E-state index is -0.293.